The zero-order valence-electron chi connectivity index (χ0n) is 20.6. The van der Waals surface area contributed by atoms with Crippen molar-refractivity contribution in [2.75, 3.05) is 0 Å². The van der Waals surface area contributed by atoms with Gasteiger partial charge in [-0.25, -0.2) is 0 Å². The monoisotopic (exact) mass is 546 g/mol. The minimum atomic E-state index is -0.741. The number of hydrogen-bond donors (Lipinski definition) is 0. The number of benzene rings is 2. The third kappa shape index (κ3) is 5.82. The molecule has 0 amide bonds. The van der Waals surface area contributed by atoms with Crippen LogP contribution in [0.5, 0.6) is 0 Å². The van der Waals surface area contributed by atoms with Gasteiger partial charge < -0.3 is 0 Å². The molecule has 2 radical (unpaired) electrons. The first-order valence-electron chi connectivity index (χ1n) is 12.9. The van der Waals surface area contributed by atoms with E-state index in [0.717, 1.165) is 11.2 Å². The molecule has 0 saturated heterocycles. The van der Waals surface area contributed by atoms with E-state index in [2.05, 4.69) is 92.0 Å². The molecule has 172 valence electrons. The summed E-state index contributed by atoms with van der Waals surface area (Å²) in [6.07, 6.45) is 14.6. The summed E-state index contributed by atoms with van der Waals surface area (Å²) in [5, 5.41) is 0. The molecule has 0 spiro atoms. The Morgan fingerprint density at radius 2 is 1.42 bits per heavy atom. The molecule has 0 aliphatic carbocycles. The Labute approximate surface area is 210 Å². The Bertz CT molecular complexity index is 1140. The molecule has 33 heavy (non-hydrogen) atoms. The molecule has 2 aromatic carbocycles. The summed E-state index contributed by atoms with van der Waals surface area (Å²) >= 11 is -0.741. The number of unbranched alkanes of at least 4 members (excludes halogenated alkanes) is 3. The van der Waals surface area contributed by atoms with Crippen molar-refractivity contribution >= 4 is 41.4 Å². The fourth-order valence-corrected chi connectivity index (χ4v) is 10.4. The molecule has 2 nitrogen and oxygen atoms in total. The second kappa shape index (κ2) is 11.6. The molecule has 4 rings (SSSR count). The first kappa shape index (κ1) is 24.3. The van der Waals surface area contributed by atoms with E-state index in [1.54, 1.807) is 3.58 Å². The van der Waals surface area contributed by atoms with Gasteiger partial charge in [0.2, 0.25) is 0 Å². The first-order valence-corrected chi connectivity index (χ1v) is 15.8. The van der Waals surface area contributed by atoms with Gasteiger partial charge in [0.05, 0.1) is 0 Å². The van der Waals surface area contributed by atoms with Crippen molar-refractivity contribution in [3.05, 3.63) is 66.9 Å². The van der Waals surface area contributed by atoms with E-state index >= 15 is 0 Å². The van der Waals surface area contributed by atoms with Crippen LogP contribution in [0.25, 0.3) is 27.8 Å². The van der Waals surface area contributed by atoms with Gasteiger partial charge in [0, 0.05) is 0 Å². The van der Waals surface area contributed by atoms with Gasteiger partial charge in [0.25, 0.3) is 0 Å². The SMILES string of the molecule is CCCC[C](CCCC)(CCCC)[Sn][c]1ccc2c(c1)nc1cc(-c3ccccc3)ccn12. The molecule has 0 aliphatic heterocycles. The van der Waals surface area contributed by atoms with Crippen LogP contribution in [0, 0.1) is 0 Å². The van der Waals surface area contributed by atoms with Crippen molar-refractivity contribution in [1.82, 2.24) is 9.38 Å². The van der Waals surface area contributed by atoms with E-state index in [9.17, 15) is 0 Å². The topological polar surface area (TPSA) is 17.3 Å². The molecule has 0 atom stereocenters. The van der Waals surface area contributed by atoms with Gasteiger partial charge in [-0.1, -0.05) is 0 Å². The second-order valence-corrected chi connectivity index (χ2v) is 14.9. The van der Waals surface area contributed by atoms with Crippen LogP contribution in [0.3, 0.4) is 0 Å². The minimum absolute atomic E-state index is 0.610. The van der Waals surface area contributed by atoms with Crippen LogP contribution in [0.15, 0.2) is 66.9 Å². The van der Waals surface area contributed by atoms with E-state index < -0.39 is 21.1 Å². The molecule has 0 unspecified atom stereocenters. The summed E-state index contributed by atoms with van der Waals surface area (Å²) in [6, 6.07) is 22.2. The summed E-state index contributed by atoms with van der Waals surface area (Å²) < 4.78 is 4.48. The first-order chi connectivity index (χ1) is 16.2. The van der Waals surface area contributed by atoms with Crippen LogP contribution in [0.2, 0.25) is 3.43 Å². The number of aromatic nitrogens is 2. The molecule has 0 aliphatic rings. The summed E-state index contributed by atoms with van der Waals surface area (Å²) in [7, 11) is 0. The average molecular weight is 545 g/mol. The van der Waals surface area contributed by atoms with Crippen LogP contribution in [-0.2, 0) is 0 Å². The zero-order chi connectivity index (χ0) is 23.1. The summed E-state index contributed by atoms with van der Waals surface area (Å²) in [4.78, 5) is 5.07. The summed E-state index contributed by atoms with van der Waals surface area (Å²) in [5.74, 6) is 0. The van der Waals surface area contributed by atoms with E-state index in [0.29, 0.717) is 3.43 Å². The maximum atomic E-state index is 5.07. The van der Waals surface area contributed by atoms with Crippen molar-refractivity contribution in [3.63, 3.8) is 0 Å². The molecule has 4 aromatic rings. The third-order valence-corrected chi connectivity index (χ3v) is 12.3. The fraction of sp³-hybridized carbons (Fsp3) is 0.433. The van der Waals surface area contributed by atoms with Crippen molar-refractivity contribution in [1.29, 1.82) is 0 Å². The normalized spacial score (nSPS) is 12.1. The van der Waals surface area contributed by atoms with Gasteiger partial charge in [0.1, 0.15) is 0 Å². The molecular formula is C30H38N2Sn. The average Bonchev–Trinajstić information content (AvgIpc) is 3.22. The Hall–Kier alpha value is -1.81. The van der Waals surface area contributed by atoms with Gasteiger partial charge in [-0.2, -0.15) is 0 Å². The maximum absolute atomic E-state index is 5.07. The molecule has 0 fully saturated rings. The molecule has 0 saturated carbocycles. The van der Waals surface area contributed by atoms with Gasteiger partial charge in [-0.15, -0.1) is 0 Å². The number of pyridine rings is 1. The zero-order valence-corrected chi connectivity index (χ0v) is 23.5. The van der Waals surface area contributed by atoms with Gasteiger partial charge >= 0.3 is 211 Å². The van der Waals surface area contributed by atoms with Gasteiger partial charge in [-0.05, 0) is 0 Å². The van der Waals surface area contributed by atoms with Gasteiger partial charge in [0.15, 0.2) is 0 Å². The summed E-state index contributed by atoms with van der Waals surface area (Å²) in [5.41, 5.74) is 5.91. The van der Waals surface area contributed by atoms with Crippen LogP contribution in [-0.4, -0.2) is 30.5 Å². The quantitative estimate of drug-likeness (QED) is 0.164. The standard InChI is InChI=1S/C17H11N2.C13H27.Sn/c1-2-6-13(7-3-1)14-10-11-19-16-9-5-4-8-15(16)18-17(19)12-14;1-4-7-10-13(11-8-5-2)12-9-6-3;/h1-3,5-12H;4-12H2,1-3H3;. The molecule has 0 bridgehead atoms. The summed E-state index contributed by atoms with van der Waals surface area (Å²) in [6.45, 7) is 7.05. The van der Waals surface area contributed by atoms with Crippen LogP contribution < -0.4 is 3.58 Å². The van der Waals surface area contributed by atoms with E-state index in [1.807, 2.05) is 0 Å². The molecule has 0 N–H and O–H groups in total. The fourth-order valence-electron chi connectivity index (χ4n) is 5.02. The number of fused-ring (bicyclic) bond motifs is 3. The molecule has 3 heteroatoms. The van der Waals surface area contributed by atoms with E-state index in [4.69, 9.17) is 4.98 Å². The predicted octanol–water partition coefficient (Wildman–Crippen LogP) is 8.21. The van der Waals surface area contributed by atoms with Crippen molar-refractivity contribution in [3.8, 4) is 11.1 Å². The molecular weight excluding hydrogens is 507 g/mol. The van der Waals surface area contributed by atoms with Gasteiger partial charge in [-0.3, -0.25) is 0 Å². The van der Waals surface area contributed by atoms with Crippen LogP contribution in [0.4, 0.5) is 0 Å². The van der Waals surface area contributed by atoms with Crippen molar-refractivity contribution in [2.24, 2.45) is 0 Å². The predicted molar refractivity (Wildman–Crippen MR) is 145 cm³/mol. The van der Waals surface area contributed by atoms with Crippen LogP contribution in [0.1, 0.15) is 78.6 Å². The molecule has 2 aromatic heterocycles. The number of hydrogen-bond acceptors (Lipinski definition) is 1. The Morgan fingerprint density at radius 1 is 0.758 bits per heavy atom. The number of nitrogens with zero attached hydrogens (tertiary/aromatic N) is 2. The molecule has 2 heterocycles. The Morgan fingerprint density at radius 3 is 2.06 bits per heavy atom. The Balaban J connectivity index is 1.66. The third-order valence-electron chi connectivity index (χ3n) is 6.95. The number of rotatable bonds is 12. The number of imidazole rings is 1. The van der Waals surface area contributed by atoms with E-state index in [1.165, 1.54) is 74.4 Å². The van der Waals surface area contributed by atoms with Crippen molar-refractivity contribution < 1.29 is 0 Å². The van der Waals surface area contributed by atoms with Crippen LogP contribution >= 0.6 is 0 Å². The second-order valence-electron chi connectivity index (χ2n) is 9.54. The van der Waals surface area contributed by atoms with Crippen molar-refractivity contribution in [2.45, 2.75) is 82.0 Å². The Kier molecular flexibility index (Phi) is 8.51. The van der Waals surface area contributed by atoms with E-state index in [-0.39, 0.29) is 0 Å².